The summed E-state index contributed by atoms with van der Waals surface area (Å²) in [6.07, 6.45) is 0. The fraction of sp³-hybridized carbons (Fsp3) is 0.154. The Morgan fingerprint density at radius 3 is 2.89 bits per heavy atom. The summed E-state index contributed by atoms with van der Waals surface area (Å²) in [6, 6.07) is 6.91. The smallest absolute Gasteiger partial charge is 0.255 e. The summed E-state index contributed by atoms with van der Waals surface area (Å²) in [6.45, 7) is 2.33. The van der Waals surface area contributed by atoms with Crippen LogP contribution < -0.4 is 5.32 Å². The van der Waals surface area contributed by atoms with Crippen LogP contribution in [0.25, 0.3) is 0 Å². The van der Waals surface area contributed by atoms with Gasteiger partial charge in [-0.1, -0.05) is 11.6 Å². The van der Waals surface area contributed by atoms with Crippen LogP contribution in [0.3, 0.4) is 0 Å². The minimum Gasteiger partial charge on any atom is -0.507 e. The molecule has 0 fully saturated rings. The number of phenolic OH excluding ortho intramolecular Hbond substituents is 1. The topological polar surface area (TPSA) is 49.3 Å². The third-order valence-electron chi connectivity index (χ3n) is 2.50. The summed E-state index contributed by atoms with van der Waals surface area (Å²) in [5, 5.41) is 14.4. The number of aromatic hydroxyl groups is 1. The molecule has 1 amide bonds. The normalized spacial score (nSPS) is 10.3. The van der Waals surface area contributed by atoms with Crippen LogP contribution in [0.1, 0.15) is 20.8 Å². The maximum Gasteiger partial charge on any atom is 0.255 e. The molecular weight excluding hydrogens is 314 g/mol. The lowest BCUT2D eigenvalue weighted by atomic mass is 10.1. The molecule has 1 heterocycles. The molecule has 5 heteroatoms. The van der Waals surface area contributed by atoms with E-state index in [0.29, 0.717) is 12.1 Å². The Hall–Kier alpha value is -1.33. The number of carbonyl (C=O) groups is 1. The fourth-order valence-electron chi connectivity index (χ4n) is 1.54. The first kappa shape index (κ1) is 13.1. The molecule has 0 unspecified atom stereocenters. The number of phenols is 1. The third kappa shape index (κ3) is 2.91. The Kier molecular flexibility index (Phi) is 4.04. The summed E-state index contributed by atoms with van der Waals surface area (Å²) < 4.78 is 0.987. The molecule has 0 saturated heterocycles. The second kappa shape index (κ2) is 5.54. The number of aryl methyl sites for hydroxylation is 1. The first-order valence-electron chi connectivity index (χ1n) is 5.37. The highest BCUT2D eigenvalue weighted by Gasteiger charge is 2.11. The van der Waals surface area contributed by atoms with Crippen LogP contribution in [0, 0.1) is 6.92 Å². The first-order chi connectivity index (χ1) is 8.58. The summed E-state index contributed by atoms with van der Waals surface area (Å²) in [4.78, 5) is 13.0. The second-order valence-corrected chi connectivity index (χ2v) is 5.75. The van der Waals surface area contributed by atoms with Gasteiger partial charge in [0.2, 0.25) is 0 Å². The van der Waals surface area contributed by atoms with Gasteiger partial charge in [-0.2, -0.15) is 0 Å². The van der Waals surface area contributed by atoms with Crippen molar-refractivity contribution in [2.75, 3.05) is 0 Å². The highest BCUT2D eigenvalue weighted by Crippen LogP contribution is 2.23. The van der Waals surface area contributed by atoms with Crippen molar-refractivity contribution in [3.8, 4) is 5.75 Å². The SMILES string of the molecule is Cc1ccc(O)c(C(=O)NCc2sccc2Br)c1. The molecule has 2 rings (SSSR count). The van der Waals surface area contributed by atoms with E-state index < -0.39 is 0 Å². The van der Waals surface area contributed by atoms with E-state index in [9.17, 15) is 9.90 Å². The molecule has 0 atom stereocenters. The van der Waals surface area contributed by atoms with Gasteiger partial charge < -0.3 is 10.4 Å². The van der Waals surface area contributed by atoms with E-state index in [2.05, 4.69) is 21.2 Å². The molecule has 1 aromatic carbocycles. The molecule has 2 aromatic rings. The van der Waals surface area contributed by atoms with Crippen LogP contribution in [0.5, 0.6) is 5.75 Å². The summed E-state index contributed by atoms with van der Waals surface area (Å²) in [5.74, 6) is -0.264. The minimum atomic E-state index is -0.267. The second-order valence-electron chi connectivity index (χ2n) is 3.89. The quantitative estimate of drug-likeness (QED) is 0.908. The van der Waals surface area contributed by atoms with Crippen LogP contribution >= 0.6 is 27.3 Å². The van der Waals surface area contributed by atoms with Crippen molar-refractivity contribution in [1.82, 2.24) is 5.32 Å². The van der Waals surface area contributed by atoms with E-state index in [1.807, 2.05) is 18.4 Å². The van der Waals surface area contributed by atoms with Gasteiger partial charge in [0.15, 0.2) is 0 Å². The molecule has 0 bridgehead atoms. The predicted octanol–water partition coefficient (Wildman–Crippen LogP) is 3.45. The van der Waals surface area contributed by atoms with Gasteiger partial charge in [-0.05, 0) is 46.4 Å². The van der Waals surface area contributed by atoms with E-state index in [0.717, 1.165) is 14.9 Å². The predicted molar refractivity (Wildman–Crippen MR) is 76.0 cm³/mol. The zero-order valence-corrected chi connectivity index (χ0v) is 12.1. The van der Waals surface area contributed by atoms with Crippen LogP contribution in [-0.4, -0.2) is 11.0 Å². The fourth-order valence-corrected chi connectivity index (χ4v) is 2.97. The molecule has 0 aliphatic carbocycles. The monoisotopic (exact) mass is 325 g/mol. The number of hydrogen-bond acceptors (Lipinski definition) is 3. The number of amides is 1. The minimum absolute atomic E-state index is 0.00310. The number of nitrogens with one attached hydrogen (secondary N) is 1. The van der Waals surface area contributed by atoms with Crippen molar-refractivity contribution in [1.29, 1.82) is 0 Å². The Morgan fingerprint density at radius 2 is 2.22 bits per heavy atom. The van der Waals surface area contributed by atoms with Crippen molar-refractivity contribution in [2.45, 2.75) is 13.5 Å². The van der Waals surface area contributed by atoms with Gasteiger partial charge in [0.1, 0.15) is 5.75 Å². The summed E-state index contributed by atoms with van der Waals surface area (Å²) >= 11 is 4.98. The molecule has 0 spiro atoms. The van der Waals surface area contributed by atoms with Gasteiger partial charge in [0.25, 0.3) is 5.91 Å². The van der Waals surface area contributed by atoms with E-state index >= 15 is 0 Å². The van der Waals surface area contributed by atoms with Crippen molar-refractivity contribution in [2.24, 2.45) is 0 Å². The van der Waals surface area contributed by atoms with Crippen LogP contribution in [0.15, 0.2) is 34.1 Å². The zero-order valence-electron chi connectivity index (χ0n) is 9.74. The molecule has 0 aliphatic heterocycles. The maximum absolute atomic E-state index is 11.9. The highest BCUT2D eigenvalue weighted by molar-refractivity contribution is 9.10. The van der Waals surface area contributed by atoms with E-state index in [1.54, 1.807) is 23.5 Å². The summed E-state index contributed by atoms with van der Waals surface area (Å²) in [5.41, 5.74) is 1.25. The van der Waals surface area contributed by atoms with Crippen LogP contribution in [-0.2, 0) is 6.54 Å². The van der Waals surface area contributed by atoms with E-state index in [1.165, 1.54) is 6.07 Å². The number of benzene rings is 1. The average molecular weight is 326 g/mol. The van der Waals surface area contributed by atoms with Crippen molar-refractivity contribution in [3.05, 3.63) is 50.1 Å². The molecule has 18 heavy (non-hydrogen) atoms. The third-order valence-corrected chi connectivity index (χ3v) is 4.42. The Balaban J connectivity index is 2.08. The molecule has 0 aliphatic rings. The van der Waals surface area contributed by atoms with Crippen molar-refractivity contribution < 1.29 is 9.90 Å². The lowest BCUT2D eigenvalue weighted by molar-refractivity contribution is 0.0948. The van der Waals surface area contributed by atoms with Gasteiger partial charge in [0.05, 0.1) is 12.1 Å². The molecule has 0 radical (unpaired) electrons. The number of rotatable bonds is 3. The van der Waals surface area contributed by atoms with Crippen molar-refractivity contribution >= 4 is 33.2 Å². The number of hydrogen-bond donors (Lipinski definition) is 2. The largest absolute Gasteiger partial charge is 0.507 e. The highest BCUT2D eigenvalue weighted by atomic mass is 79.9. The first-order valence-corrected chi connectivity index (χ1v) is 7.05. The van der Waals surface area contributed by atoms with Crippen molar-refractivity contribution in [3.63, 3.8) is 0 Å². The summed E-state index contributed by atoms with van der Waals surface area (Å²) in [7, 11) is 0. The zero-order chi connectivity index (χ0) is 13.1. The van der Waals surface area contributed by atoms with E-state index in [4.69, 9.17) is 0 Å². The Morgan fingerprint density at radius 1 is 1.44 bits per heavy atom. The molecule has 2 N–H and O–H groups in total. The maximum atomic E-state index is 11.9. The average Bonchev–Trinajstić information content (AvgIpc) is 2.75. The van der Waals surface area contributed by atoms with Crippen LogP contribution in [0.2, 0.25) is 0 Å². The van der Waals surface area contributed by atoms with Gasteiger partial charge >= 0.3 is 0 Å². The van der Waals surface area contributed by atoms with Gasteiger partial charge in [-0.3, -0.25) is 4.79 Å². The molecule has 94 valence electrons. The Labute approximate surface area is 118 Å². The van der Waals surface area contributed by atoms with E-state index in [-0.39, 0.29) is 11.7 Å². The van der Waals surface area contributed by atoms with Crippen LogP contribution in [0.4, 0.5) is 0 Å². The molecule has 0 saturated carbocycles. The van der Waals surface area contributed by atoms with Gasteiger partial charge in [-0.15, -0.1) is 11.3 Å². The lowest BCUT2D eigenvalue weighted by Crippen LogP contribution is -2.22. The molecule has 1 aromatic heterocycles. The number of carbonyl (C=O) groups excluding carboxylic acids is 1. The van der Waals surface area contributed by atoms with Gasteiger partial charge in [0, 0.05) is 9.35 Å². The lowest BCUT2D eigenvalue weighted by Gasteiger charge is -2.07. The Bertz CT molecular complexity index is 580. The standard InChI is InChI=1S/C13H12BrNO2S/c1-8-2-3-11(16)9(6-8)13(17)15-7-12-10(14)4-5-18-12/h2-6,16H,7H2,1H3,(H,15,17). The number of halogens is 1. The molecular formula is C13H12BrNO2S. The molecule has 3 nitrogen and oxygen atoms in total. The number of thiophene rings is 1. The van der Waals surface area contributed by atoms with Gasteiger partial charge in [-0.25, -0.2) is 0 Å².